The van der Waals surface area contributed by atoms with Gasteiger partial charge in [-0.1, -0.05) is 19.8 Å². The summed E-state index contributed by atoms with van der Waals surface area (Å²) in [7, 11) is 0. The summed E-state index contributed by atoms with van der Waals surface area (Å²) >= 11 is 0. The van der Waals surface area contributed by atoms with E-state index in [2.05, 4.69) is 6.92 Å². The van der Waals surface area contributed by atoms with Gasteiger partial charge in [0.1, 0.15) is 6.04 Å². The van der Waals surface area contributed by atoms with E-state index < -0.39 is 5.97 Å². The molecule has 1 unspecified atom stereocenters. The Morgan fingerprint density at radius 2 is 2.25 bits per heavy atom. The van der Waals surface area contributed by atoms with Crippen LogP contribution < -0.4 is 0 Å². The predicted octanol–water partition coefficient (Wildman–Crippen LogP) is 1.74. The van der Waals surface area contributed by atoms with Gasteiger partial charge in [-0.2, -0.15) is 0 Å². The Kier molecular flexibility index (Phi) is 4.74. The van der Waals surface area contributed by atoms with Gasteiger partial charge in [-0.05, 0) is 20.3 Å². The van der Waals surface area contributed by atoms with Crippen molar-refractivity contribution in [3.63, 3.8) is 0 Å². The lowest BCUT2D eigenvalue weighted by molar-refractivity contribution is -0.151. The number of nitrogens with zero attached hydrogens (tertiary/aromatic N) is 1. The lowest BCUT2D eigenvalue weighted by atomic mass is 10.0. The van der Waals surface area contributed by atoms with Gasteiger partial charge in [0, 0.05) is 13.1 Å². The van der Waals surface area contributed by atoms with Gasteiger partial charge in [-0.3, -0.25) is 9.69 Å². The second-order valence-electron chi connectivity index (χ2n) is 5.07. The van der Waals surface area contributed by atoms with Crippen molar-refractivity contribution in [1.82, 2.24) is 4.90 Å². The number of rotatable bonds is 5. The van der Waals surface area contributed by atoms with Crippen LogP contribution in [0.25, 0.3) is 0 Å². The standard InChI is InChI=1S/C12H23NO3/c1-4-5-6-10(11(14)15)13-7-8-16-12(2,3)9-13/h10H,4-9H2,1-3H3,(H,14,15). The number of aliphatic carboxylic acids is 1. The maximum atomic E-state index is 11.2. The second kappa shape index (κ2) is 5.64. The Balaban J connectivity index is 2.59. The summed E-state index contributed by atoms with van der Waals surface area (Å²) in [5.41, 5.74) is -0.224. The van der Waals surface area contributed by atoms with Gasteiger partial charge >= 0.3 is 5.97 Å². The zero-order chi connectivity index (χ0) is 12.2. The largest absolute Gasteiger partial charge is 0.480 e. The number of hydrogen-bond acceptors (Lipinski definition) is 3. The quantitative estimate of drug-likeness (QED) is 0.780. The SMILES string of the molecule is CCCCC(C(=O)O)N1CCOC(C)(C)C1. The average molecular weight is 229 g/mol. The van der Waals surface area contributed by atoms with Crippen LogP contribution in [0.15, 0.2) is 0 Å². The molecule has 4 heteroatoms. The van der Waals surface area contributed by atoms with Crippen molar-refractivity contribution < 1.29 is 14.6 Å². The Hall–Kier alpha value is -0.610. The molecule has 16 heavy (non-hydrogen) atoms. The van der Waals surface area contributed by atoms with Crippen LogP contribution in [-0.2, 0) is 9.53 Å². The van der Waals surface area contributed by atoms with E-state index >= 15 is 0 Å². The second-order valence-corrected chi connectivity index (χ2v) is 5.07. The Labute approximate surface area is 97.6 Å². The first-order valence-electron chi connectivity index (χ1n) is 6.07. The minimum absolute atomic E-state index is 0.224. The zero-order valence-electron chi connectivity index (χ0n) is 10.5. The summed E-state index contributed by atoms with van der Waals surface area (Å²) in [6.45, 7) is 8.17. The van der Waals surface area contributed by atoms with Gasteiger partial charge in [-0.15, -0.1) is 0 Å². The molecular weight excluding hydrogens is 206 g/mol. The number of ether oxygens (including phenoxy) is 1. The monoisotopic (exact) mass is 229 g/mol. The summed E-state index contributed by atoms with van der Waals surface area (Å²) in [5.74, 6) is -0.703. The number of carbonyl (C=O) groups is 1. The topological polar surface area (TPSA) is 49.8 Å². The van der Waals surface area contributed by atoms with E-state index in [1.54, 1.807) is 0 Å². The van der Waals surface area contributed by atoms with E-state index in [9.17, 15) is 9.90 Å². The Morgan fingerprint density at radius 3 is 2.75 bits per heavy atom. The van der Waals surface area contributed by atoms with Crippen LogP contribution in [0.2, 0.25) is 0 Å². The third kappa shape index (κ3) is 3.76. The van der Waals surface area contributed by atoms with Crippen molar-refractivity contribution in [3.8, 4) is 0 Å². The third-order valence-electron chi connectivity index (χ3n) is 3.01. The van der Waals surface area contributed by atoms with Gasteiger partial charge in [-0.25, -0.2) is 0 Å². The molecule has 1 rings (SSSR count). The molecule has 0 amide bonds. The number of unbranched alkanes of at least 4 members (excludes halogenated alkanes) is 1. The average Bonchev–Trinajstić information content (AvgIpc) is 2.16. The highest BCUT2D eigenvalue weighted by molar-refractivity contribution is 5.73. The molecule has 0 bridgehead atoms. The fourth-order valence-electron chi connectivity index (χ4n) is 2.18. The van der Waals surface area contributed by atoms with E-state index in [-0.39, 0.29) is 11.6 Å². The maximum Gasteiger partial charge on any atom is 0.320 e. The molecule has 1 heterocycles. The first-order chi connectivity index (χ1) is 7.46. The molecular formula is C12H23NO3. The molecule has 0 aromatic carbocycles. The smallest absolute Gasteiger partial charge is 0.320 e. The van der Waals surface area contributed by atoms with Crippen molar-refractivity contribution in [2.24, 2.45) is 0 Å². The fourth-order valence-corrected chi connectivity index (χ4v) is 2.18. The predicted molar refractivity (Wildman–Crippen MR) is 62.6 cm³/mol. The third-order valence-corrected chi connectivity index (χ3v) is 3.01. The van der Waals surface area contributed by atoms with E-state index in [4.69, 9.17) is 4.74 Å². The summed E-state index contributed by atoms with van der Waals surface area (Å²) < 4.78 is 5.60. The van der Waals surface area contributed by atoms with Gasteiger partial charge in [0.2, 0.25) is 0 Å². The van der Waals surface area contributed by atoms with Crippen molar-refractivity contribution >= 4 is 5.97 Å². The first kappa shape index (κ1) is 13.5. The zero-order valence-corrected chi connectivity index (χ0v) is 10.5. The lowest BCUT2D eigenvalue weighted by Crippen LogP contribution is -2.54. The molecule has 1 fully saturated rings. The molecule has 0 radical (unpaired) electrons. The lowest BCUT2D eigenvalue weighted by Gasteiger charge is -2.40. The van der Waals surface area contributed by atoms with E-state index in [0.717, 1.165) is 25.8 Å². The molecule has 0 aromatic heterocycles. The van der Waals surface area contributed by atoms with Crippen LogP contribution in [0, 0.1) is 0 Å². The highest BCUT2D eigenvalue weighted by Gasteiger charge is 2.33. The van der Waals surface area contributed by atoms with Crippen LogP contribution >= 0.6 is 0 Å². The van der Waals surface area contributed by atoms with Crippen LogP contribution in [-0.4, -0.2) is 47.3 Å². The Morgan fingerprint density at radius 1 is 1.56 bits per heavy atom. The molecule has 94 valence electrons. The number of morpholine rings is 1. The van der Waals surface area contributed by atoms with E-state index in [1.165, 1.54) is 0 Å². The molecule has 1 aliphatic rings. The van der Waals surface area contributed by atoms with Crippen molar-refractivity contribution in [2.75, 3.05) is 19.7 Å². The number of carboxylic acids is 1. The molecule has 4 nitrogen and oxygen atoms in total. The van der Waals surface area contributed by atoms with Crippen LogP contribution in [0.3, 0.4) is 0 Å². The molecule has 0 aromatic rings. The molecule has 0 aliphatic carbocycles. The Bertz CT molecular complexity index is 240. The van der Waals surface area contributed by atoms with E-state index in [0.29, 0.717) is 13.2 Å². The minimum atomic E-state index is -0.703. The number of carboxylic acid groups (broad SMARTS) is 1. The van der Waals surface area contributed by atoms with Crippen LogP contribution in [0.5, 0.6) is 0 Å². The summed E-state index contributed by atoms with van der Waals surface area (Å²) in [6, 6.07) is -0.344. The van der Waals surface area contributed by atoms with Crippen molar-refractivity contribution in [3.05, 3.63) is 0 Å². The molecule has 0 saturated carbocycles. The summed E-state index contributed by atoms with van der Waals surface area (Å²) in [4.78, 5) is 13.3. The highest BCUT2D eigenvalue weighted by atomic mass is 16.5. The van der Waals surface area contributed by atoms with Crippen molar-refractivity contribution in [2.45, 2.75) is 51.7 Å². The van der Waals surface area contributed by atoms with Gasteiger partial charge in [0.05, 0.1) is 12.2 Å². The van der Waals surface area contributed by atoms with Gasteiger partial charge < -0.3 is 9.84 Å². The number of hydrogen-bond donors (Lipinski definition) is 1. The first-order valence-corrected chi connectivity index (χ1v) is 6.07. The fraction of sp³-hybridized carbons (Fsp3) is 0.917. The van der Waals surface area contributed by atoms with Crippen LogP contribution in [0.1, 0.15) is 40.0 Å². The minimum Gasteiger partial charge on any atom is -0.480 e. The van der Waals surface area contributed by atoms with Gasteiger partial charge in [0.15, 0.2) is 0 Å². The van der Waals surface area contributed by atoms with Crippen LogP contribution in [0.4, 0.5) is 0 Å². The summed E-state index contributed by atoms with van der Waals surface area (Å²) in [5, 5.41) is 9.24. The molecule has 0 spiro atoms. The maximum absolute atomic E-state index is 11.2. The normalized spacial score (nSPS) is 22.9. The van der Waals surface area contributed by atoms with Crippen molar-refractivity contribution in [1.29, 1.82) is 0 Å². The van der Waals surface area contributed by atoms with Gasteiger partial charge in [0.25, 0.3) is 0 Å². The molecule has 1 aliphatic heterocycles. The molecule has 1 saturated heterocycles. The highest BCUT2D eigenvalue weighted by Crippen LogP contribution is 2.20. The van der Waals surface area contributed by atoms with E-state index in [1.807, 2.05) is 18.7 Å². The molecule has 1 atom stereocenters. The summed E-state index contributed by atoms with van der Waals surface area (Å²) in [6.07, 6.45) is 2.74. The molecule has 1 N–H and O–H groups in total.